The Morgan fingerprint density at radius 1 is 1.17 bits per heavy atom. The van der Waals surface area contributed by atoms with Gasteiger partial charge >= 0.3 is 12.5 Å². The number of alkyl halides is 3. The maximum Gasteiger partial charge on any atom is 0.573 e. The molecular formula is C15H11ClF3NO4. The molecule has 0 aromatic heterocycles. The molecule has 0 aliphatic carbocycles. The number of benzene rings is 2. The van der Waals surface area contributed by atoms with E-state index in [0.29, 0.717) is 0 Å². The summed E-state index contributed by atoms with van der Waals surface area (Å²) in [6.45, 7) is 0. The van der Waals surface area contributed by atoms with E-state index in [1.165, 1.54) is 30.3 Å². The van der Waals surface area contributed by atoms with Gasteiger partial charge in [0.25, 0.3) is 0 Å². The van der Waals surface area contributed by atoms with Crippen LogP contribution in [-0.2, 0) is 0 Å². The van der Waals surface area contributed by atoms with Crippen molar-refractivity contribution in [3.05, 3.63) is 58.6 Å². The van der Waals surface area contributed by atoms with Crippen LogP contribution in [0, 0.1) is 0 Å². The summed E-state index contributed by atoms with van der Waals surface area (Å²) < 4.78 is 40.1. The second-order valence-electron chi connectivity index (χ2n) is 4.68. The molecule has 0 heterocycles. The fraction of sp³-hybridized carbons (Fsp3) is 0.133. The van der Waals surface area contributed by atoms with Gasteiger partial charge in [0.2, 0.25) is 0 Å². The second-order valence-corrected chi connectivity index (χ2v) is 5.12. The van der Waals surface area contributed by atoms with Crippen LogP contribution in [0.25, 0.3) is 0 Å². The van der Waals surface area contributed by atoms with Crippen LogP contribution in [-0.4, -0.2) is 22.7 Å². The van der Waals surface area contributed by atoms with E-state index in [1.54, 1.807) is 0 Å². The number of hydrogen-bond donors (Lipinski definition) is 3. The Kier molecular flexibility index (Phi) is 5.20. The van der Waals surface area contributed by atoms with Crippen molar-refractivity contribution in [1.29, 1.82) is 0 Å². The molecule has 24 heavy (non-hydrogen) atoms. The summed E-state index contributed by atoms with van der Waals surface area (Å²) >= 11 is 5.85. The molecule has 0 radical (unpaired) electrons. The average molecular weight is 362 g/mol. The number of carboxylic acid groups (broad SMARTS) is 1. The smallest absolute Gasteiger partial charge is 0.465 e. The summed E-state index contributed by atoms with van der Waals surface area (Å²) in [5.74, 6) is -0.437. The van der Waals surface area contributed by atoms with Gasteiger partial charge in [-0.05, 0) is 35.9 Å². The summed E-state index contributed by atoms with van der Waals surface area (Å²) in [6.07, 6.45) is -7.45. The molecule has 0 aliphatic heterocycles. The first-order valence-corrected chi connectivity index (χ1v) is 6.86. The number of aliphatic hydroxyl groups excluding tert-OH is 1. The lowest BCUT2D eigenvalue weighted by molar-refractivity contribution is -0.274. The average Bonchev–Trinajstić information content (AvgIpc) is 2.47. The molecule has 5 nitrogen and oxygen atoms in total. The van der Waals surface area contributed by atoms with E-state index in [2.05, 4.69) is 10.1 Å². The molecule has 0 aliphatic rings. The van der Waals surface area contributed by atoms with Gasteiger partial charge in [0.15, 0.2) is 0 Å². The number of anilines is 1. The van der Waals surface area contributed by atoms with Gasteiger partial charge in [-0.1, -0.05) is 23.7 Å². The monoisotopic (exact) mass is 361 g/mol. The first-order chi connectivity index (χ1) is 11.2. The van der Waals surface area contributed by atoms with E-state index < -0.39 is 24.3 Å². The molecular weight excluding hydrogens is 351 g/mol. The molecule has 2 aromatic carbocycles. The van der Waals surface area contributed by atoms with Crippen LogP contribution < -0.4 is 10.1 Å². The van der Waals surface area contributed by atoms with Crippen molar-refractivity contribution in [3.8, 4) is 5.75 Å². The van der Waals surface area contributed by atoms with Crippen LogP contribution in [0.1, 0.15) is 17.2 Å². The van der Waals surface area contributed by atoms with Gasteiger partial charge in [-0.3, -0.25) is 5.32 Å². The van der Waals surface area contributed by atoms with Gasteiger partial charge in [0.1, 0.15) is 11.9 Å². The van der Waals surface area contributed by atoms with Crippen LogP contribution in [0.4, 0.5) is 23.7 Å². The molecule has 0 fully saturated rings. The third-order valence-corrected chi connectivity index (χ3v) is 3.21. The predicted octanol–water partition coefficient (Wildman–Crippen LogP) is 4.41. The molecule has 0 saturated carbocycles. The number of nitrogens with one attached hydrogen (secondary N) is 1. The normalized spacial score (nSPS) is 12.5. The standard InChI is InChI=1S/C15H11ClF3NO4/c16-9-3-6-12(20-14(22)23)11(7-9)13(21)8-1-4-10(5-2-8)24-15(17,18)19/h1-7,13,20-21H,(H,22,23). The van der Waals surface area contributed by atoms with Gasteiger partial charge in [-0.25, -0.2) is 4.79 Å². The van der Waals surface area contributed by atoms with E-state index in [9.17, 15) is 23.1 Å². The first kappa shape index (κ1) is 17.9. The number of amides is 1. The van der Waals surface area contributed by atoms with Crippen LogP contribution in [0.3, 0.4) is 0 Å². The van der Waals surface area contributed by atoms with Crippen molar-refractivity contribution in [3.63, 3.8) is 0 Å². The van der Waals surface area contributed by atoms with E-state index in [0.717, 1.165) is 12.1 Å². The molecule has 0 spiro atoms. The Morgan fingerprint density at radius 2 is 1.79 bits per heavy atom. The molecule has 2 rings (SSSR count). The van der Waals surface area contributed by atoms with Crippen molar-refractivity contribution < 1.29 is 32.9 Å². The summed E-state index contributed by atoms with van der Waals surface area (Å²) in [4.78, 5) is 10.8. The van der Waals surface area contributed by atoms with Gasteiger partial charge in [-0.15, -0.1) is 13.2 Å². The van der Waals surface area contributed by atoms with Gasteiger partial charge in [0, 0.05) is 10.6 Å². The zero-order chi connectivity index (χ0) is 17.9. The molecule has 3 N–H and O–H groups in total. The number of rotatable bonds is 4. The number of carbonyl (C=O) groups is 1. The van der Waals surface area contributed by atoms with Crippen LogP contribution >= 0.6 is 11.6 Å². The Labute approximate surface area is 139 Å². The fourth-order valence-corrected chi connectivity index (χ4v) is 2.20. The number of ether oxygens (including phenoxy) is 1. The Morgan fingerprint density at radius 3 is 2.33 bits per heavy atom. The van der Waals surface area contributed by atoms with E-state index in [1.807, 2.05) is 0 Å². The first-order valence-electron chi connectivity index (χ1n) is 6.49. The van der Waals surface area contributed by atoms with Crippen LogP contribution in [0.5, 0.6) is 5.75 Å². The zero-order valence-electron chi connectivity index (χ0n) is 11.8. The van der Waals surface area contributed by atoms with Crippen molar-refractivity contribution in [2.45, 2.75) is 12.5 Å². The van der Waals surface area contributed by atoms with Crippen molar-refractivity contribution in [2.24, 2.45) is 0 Å². The minimum absolute atomic E-state index is 0.106. The lowest BCUT2D eigenvalue weighted by Crippen LogP contribution is -2.17. The zero-order valence-corrected chi connectivity index (χ0v) is 12.6. The van der Waals surface area contributed by atoms with E-state index in [4.69, 9.17) is 16.7 Å². The summed E-state index contributed by atoms with van der Waals surface area (Å²) in [5, 5.41) is 21.6. The van der Waals surface area contributed by atoms with Crippen LogP contribution in [0.15, 0.2) is 42.5 Å². The molecule has 128 valence electrons. The molecule has 2 aromatic rings. The van der Waals surface area contributed by atoms with Crippen molar-refractivity contribution >= 4 is 23.4 Å². The SMILES string of the molecule is O=C(O)Nc1ccc(Cl)cc1C(O)c1ccc(OC(F)(F)F)cc1. The highest BCUT2D eigenvalue weighted by molar-refractivity contribution is 6.30. The minimum Gasteiger partial charge on any atom is -0.465 e. The van der Waals surface area contributed by atoms with Crippen molar-refractivity contribution in [1.82, 2.24) is 0 Å². The maximum atomic E-state index is 12.1. The van der Waals surface area contributed by atoms with Gasteiger partial charge < -0.3 is 14.9 Å². The third-order valence-electron chi connectivity index (χ3n) is 2.98. The third kappa shape index (κ3) is 4.77. The van der Waals surface area contributed by atoms with Crippen LogP contribution in [0.2, 0.25) is 5.02 Å². The molecule has 1 amide bonds. The second kappa shape index (κ2) is 6.98. The summed E-state index contributed by atoms with van der Waals surface area (Å²) in [6, 6.07) is 8.72. The Balaban J connectivity index is 2.29. The molecule has 0 saturated heterocycles. The Hall–Kier alpha value is -2.45. The molecule has 9 heteroatoms. The van der Waals surface area contributed by atoms with Gasteiger partial charge in [0.05, 0.1) is 5.69 Å². The highest BCUT2D eigenvalue weighted by Gasteiger charge is 2.31. The molecule has 0 bridgehead atoms. The number of halogens is 4. The molecule has 1 unspecified atom stereocenters. The number of hydrogen-bond acceptors (Lipinski definition) is 3. The maximum absolute atomic E-state index is 12.1. The highest BCUT2D eigenvalue weighted by atomic mass is 35.5. The fourth-order valence-electron chi connectivity index (χ4n) is 2.02. The quantitative estimate of drug-likeness (QED) is 0.753. The highest BCUT2D eigenvalue weighted by Crippen LogP contribution is 2.32. The van der Waals surface area contributed by atoms with Crippen molar-refractivity contribution in [2.75, 3.05) is 5.32 Å². The van der Waals surface area contributed by atoms with E-state index in [-0.39, 0.29) is 21.8 Å². The number of aliphatic hydroxyl groups is 1. The summed E-state index contributed by atoms with van der Waals surface area (Å²) in [5.41, 5.74) is 0.504. The lowest BCUT2D eigenvalue weighted by Gasteiger charge is -2.17. The minimum atomic E-state index is -4.81. The van der Waals surface area contributed by atoms with Gasteiger partial charge in [-0.2, -0.15) is 0 Å². The molecule has 1 atom stereocenters. The lowest BCUT2D eigenvalue weighted by atomic mass is 10.00. The van der Waals surface area contributed by atoms with E-state index >= 15 is 0 Å². The Bertz CT molecular complexity index is 734. The predicted molar refractivity (Wildman–Crippen MR) is 80.3 cm³/mol. The topological polar surface area (TPSA) is 78.8 Å². The largest absolute Gasteiger partial charge is 0.573 e. The summed E-state index contributed by atoms with van der Waals surface area (Å²) in [7, 11) is 0.